The fraction of sp³-hybridized carbons (Fsp3) is 0.125. The number of hydrogen-bond acceptors (Lipinski definition) is 3. The summed E-state index contributed by atoms with van der Waals surface area (Å²) in [6.07, 6.45) is 0. The molecule has 0 spiro atoms. The number of carbonyl (C=O) groups is 3. The van der Waals surface area contributed by atoms with E-state index in [1.807, 2.05) is 79.7 Å². The largest absolute Gasteiger partial charge is 0.335 e. The molecule has 1 saturated heterocycles. The number of barbiturate groups is 1. The quantitative estimate of drug-likeness (QED) is 0.691. The van der Waals surface area contributed by atoms with Crippen LogP contribution < -0.4 is 10.2 Å². The smallest absolute Gasteiger partial charge is 0.277 e. The molecule has 1 N–H and O–H groups in total. The van der Waals surface area contributed by atoms with Crippen LogP contribution >= 0.6 is 0 Å². The number of hydrogen-bond donors (Lipinski definition) is 1. The second-order valence-electron chi connectivity index (χ2n) is 7.03. The molecular weight excluding hydrogens is 364 g/mol. The number of carbonyl (C=O) groups excluding carboxylic acids is 3. The van der Waals surface area contributed by atoms with E-state index in [0.717, 1.165) is 21.6 Å². The number of benzene rings is 3. The summed E-state index contributed by atoms with van der Waals surface area (Å²) in [6.45, 7) is 1.83. The van der Waals surface area contributed by atoms with Crippen molar-refractivity contribution in [3.05, 3.63) is 102 Å². The summed E-state index contributed by atoms with van der Waals surface area (Å²) in [4.78, 5) is 40.1. The summed E-state index contributed by atoms with van der Waals surface area (Å²) >= 11 is 0. The molecule has 1 unspecified atom stereocenters. The average Bonchev–Trinajstić information content (AvgIpc) is 2.73. The molecule has 3 aromatic rings. The molecule has 0 radical (unpaired) electrons. The van der Waals surface area contributed by atoms with Crippen molar-refractivity contribution in [3.63, 3.8) is 0 Å². The van der Waals surface area contributed by atoms with Gasteiger partial charge in [0.1, 0.15) is 5.92 Å². The number of nitrogens with zero attached hydrogens (tertiary/aromatic N) is 1. The van der Waals surface area contributed by atoms with E-state index in [1.54, 1.807) is 12.1 Å². The van der Waals surface area contributed by atoms with Gasteiger partial charge < -0.3 is 0 Å². The topological polar surface area (TPSA) is 66.5 Å². The van der Waals surface area contributed by atoms with Crippen molar-refractivity contribution in [1.29, 1.82) is 0 Å². The van der Waals surface area contributed by atoms with Gasteiger partial charge in [-0.2, -0.15) is 0 Å². The molecule has 1 atom stereocenters. The first-order chi connectivity index (χ1) is 14.1. The molecule has 0 bridgehead atoms. The van der Waals surface area contributed by atoms with E-state index >= 15 is 0 Å². The second-order valence-corrected chi connectivity index (χ2v) is 7.03. The molecule has 29 heavy (non-hydrogen) atoms. The highest BCUT2D eigenvalue weighted by Gasteiger charge is 2.46. The van der Waals surface area contributed by atoms with Crippen LogP contribution in [0.4, 0.5) is 10.5 Å². The zero-order valence-corrected chi connectivity index (χ0v) is 15.9. The fourth-order valence-electron chi connectivity index (χ4n) is 3.82. The van der Waals surface area contributed by atoms with Crippen molar-refractivity contribution in [2.24, 2.45) is 5.92 Å². The standard InChI is InChI=1S/C24H20N2O3/c1-16-10-8-9-15-19(16)26-23(28)21(22(27)25-24(26)29)20(17-11-4-2-5-12-17)18-13-6-3-7-14-18/h2-15,20-21H,1H3,(H,25,27,29). The van der Waals surface area contributed by atoms with Gasteiger partial charge in [-0.1, -0.05) is 78.9 Å². The molecule has 4 rings (SSSR count). The molecule has 5 nitrogen and oxygen atoms in total. The Morgan fingerprint density at radius 1 is 0.759 bits per heavy atom. The van der Waals surface area contributed by atoms with E-state index in [4.69, 9.17) is 0 Å². The Morgan fingerprint density at radius 2 is 1.28 bits per heavy atom. The highest BCUT2D eigenvalue weighted by molar-refractivity contribution is 6.28. The average molecular weight is 384 g/mol. The zero-order valence-electron chi connectivity index (χ0n) is 15.9. The van der Waals surface area contributed by atoms with Gasteiger partial charge in [-0.25, -0.2) is 9.69 Å². The lowest BCUT2D eigenvalue weighted by molar-refractivity contribution is -0.134. The molecule has 1 fully saturated rings. The second kappa shape index (κ2) is 7.72. The number of aryl methyl sites for hydroxylation is 1. The van der Waals surface area contributed by atoms with E-state index < -0.39 is 29.7 Å². The number of amides is 4. The van der Waals surface area contributed by atoms with Crippen LogP contribution in [0.2, 0.25) is 0 Å². The first kappa shape index (κ1) is 18.6. The van der Waals surface area contributed by atoms with Gasteiger partial charge in [-0.05, 0) is 29.7 Å². The van der Waals surface area contributed by atoms with Gasteiger partial charge in [0.05, 0.1) is 5.69 Å². The summed E-state index contributed by atoms with van der Waals surface area (Å²) in [5, 5.41) is 2.38. The lowest BCUT2D eigenvalue weighted by Gasteiger charge is -2.35. The summed E-state index contributed by atoms with van der Waals surface area (Å²) in [5.41, 5.74) is 2.94. The number of para-hydroxylation sites is 1. The first-order valence-corrected chi connectivity index (χ1v) is 9.42. The number of urea groups is 1. The first-order valence-electron chi connectivity index (χ1n) is 9.42. The Morgan fingerprint density at radius 3 is 1.83 bits per heavy atom. The molecule has 0 aliphatic carbocycles. The molecule has 0 aromatic heterocycles. The van der Waals surface area contributed by atoms with Crippen LogP contribution in [0, 0.1) is 12.8 Å². The van der Waals surface area contributed by atoms with Gasteiger partial charge in [0.25, 0.3) is 0 Å². The summed E-state index contributed by atoms with van der Waals surface area (Å²) in [6, 6.07) is 25.3. The fourth-order valence-corrected chi connectivity index (χ4v) is 3.82. The molecule has 0 saturated carbocycles. The Balaban J connectivity index is 1.84. The molecule has 4 amide bonds. The number of imide groups is 2. The summed E-state index contributed by atoms with van der Waals surface area (Å²) in [7, 11) is 0. The van der Waals surface area contributed by atoms with E-state index in [2.05, 4.69) is 5.32 Å². The number of anilines is 1. The lowest BCUT2D eigenvalue weighted by atomic mass is 9.78. The monoisotopic (exact) mass is 384 g/mol. The van der Waals surface area contributed by atoms with Crippen LogP contribution in [0.5, 0.6) is 0 Å². The summed E-state index contributed by atoms with van der Waals surface area (Å²) in [5.74, 6) is -2.67. The van der Waals surface area contributed by atoms with E-state index in [9.17, 15) is 14.4 Å². The minimum atomic E-state index is -1.06. The Hall–Kier alpha value is -3.73. The van der Waals surface area contributed by atoms with Crippen molar-refractivity contribution in [3.8, 4) is 0 Å². The molecular formula is C24H20N2O3. The normalized spacial score (nSPS) is 16.8. The van der Waals surface area contributed by atoms with Gasteiger partial charge in [0.15, 0.2) is 0 Å². The predicted octanol–water partition coefficient (Wildman–Crippen LogP) is 4.03. The molecule has 5 heteroatoms. The minimum Gasteiger partial charge on any atom is -0.277 e. The molecule has 3 aromatic carbocycles. The number of nitrogens with one attached hydrogen (secondary N) is 1. The van der Waals surface area contributed by atoms with Crippen LogP contribution in [-0.4, -0.2) is 17.8 Å². The van der Waals surface area contributed by atoms with Crippen LogP contribution in [0.3, 0.4) is 0 Å². The van der Waals surface area contributed by atoms with Gasteiger partial charge in [-0.15, -0.1) is 0 Å². The molecule has 144 valence electrons. The van der Waals surface area contributed by atoms with Crippen LogP contribution in [-0.2, 0) is 9.59 Å². The van der Waals surface area contributed by atoms with Crippen molar-refractivity contribution in [1.82, 2.24) is 5.32 Å². The Bertz CT molecular complexity index is 1020. The van der Waals surface area contributed by atoms with Gasteiger partial charge in [-0.3, -0.25) is 14.9 Å². The highest BCUT2D eigenvalue weighted by Crippen LogP contribution is 2.36. The third kappa shape index (κ3) is 3.43. The van der Waals surface area contributed by atoms with Crippen LogP contribution in [0.15, 0.2) is 84.9 Å². The third-order valence-corrected chi connectivity index (χ3v) is 5.21. The Kier molecular flexibility index (Phi) is 4.96. The minimum absolute atomic E-state index is 0.479. The van der Waals surface area contributed by atoms with Gasteiger partial charge in [0, 0.05) is 5.92 Å². The molecule has 1 heterocycles. The summed E-state index contributed by atoms with van der Waals surface area (Å²) < 4.78 is 0. The van der Waals surface area contributed by atoms with E-state index in [0.29, 0.717) is 5.69 Å². The Labute approximate surface area is 169 Å². The maximum atomic E-state index is 13.5. The zero-order chi connectivity index (χ0) is 20.4. The maximum absolute atomic E-state index is 13.5. The highest BCUT2D eigenvalue weighted by atomic mass is 16.2. The lowest BCUT2D eigenvalue weighted by Crippen LogP contribution is -2.59. The molecule has 1 aliphatic heterocycles. The van der Waals surface area contributed by atoms with Gasteiger partial charge in [0.2, 0.25) is 11.8 Å². The maximum Gasteiger partial charge on any atom is 0.335 e. The van der Waals surface area contributed by atoms with Gasteiger partial charge >= 0.3 is 6.03 Å². The predicted molar refractivity (Wildman–Crippen MR) is 110 cm³/mol. The van der Waals surface area contributed by atoms with Crippen LogP contribution in [0.1, 0.15) is 22.6 Å². The van der Waals surface area contributed by atoms with Crippen LogP contribution in [0.25, 0.3) is 0 Å². The van der Waals surface area contributed by atoms with Crippen molar-refractivity contribution in [2.45, 2.75) is 12.8 Å². The SMILES string of the molecule is Cc1ccccc1N1C(=O)NC(=O)C(C(c2ccccc2)c2ccccc2)C1=O. The van der Waals surface area contributed by atoms with Crippen molar-refractivity contribution in [2.75, 3.05) is 4.90 Å². The number of rotatable bonds is 4. The van der Waals surface area contributed by atoms with E-state index in [1.165, 1.54) is 0 Å². The third-order valence-electron chi connectivity index (χ3n) is 5.21. The van der Waals surface area contributed by atoms with Crippen molar-refractivity contribution >= 4 is 23.5 Å². The molecule has 1 aliphatic rings. The van der Waals surface area contributed by atoms with Crippen molar-refractivity contribution < 1.29 is 14.4 Å². The van der Waals surface area contributed by atoms with E-state index in [-0.39, 0.29) is 0 Å².